The Bertz CT molecular complexity index is 468. The van der Waals surface area contributed by atoms with Gasteiger partial charge >= 0.3 is 6.09 Å². The molecule has 6 heteroatoms. The van der Waals surface area contributed by atoms with Crippen molar-refractivity contribution in [3.8, 4) is 0 Å². The van der Waals surface area contributed by atoms with Crippen LogP contribution in [0.1, 0.15) is 18.4 Å². The Balaban J connectivity index is 1.86. The summed E-state index contributed by atoms with van der Waals surface area (Å²) < 4.78 is 32.9. The summed E-state index contributed by atoms with van der Waals surface area (Å²) >= 11 is 0. The summed E-state index contributed by atoms with van der Waals surface area (Å²) in [5, 5.41) is 0. The van der Waals surface area contributed by atoms with Crippen molar-refractivity contribution in [3.63, 3.8) is 0 Å². The number of amides is 1. The van der Waals surface area contributed by atoms with E-state index in [-0.39, 0.29) is 32.5 Å². The average molecular weight is 298 g/mol. The molecule has 1 aromatic rings. The molecule has 1 aliphatic rings. The van der Waals surface area contributed by atoms with Crippen molar-refractivity contribution < 1.29 is 18.3 Å². The number of carbonyl (C=O) groups excluding carboxylic acids is 1. The van der Waals surface area contributed by atoms with Crippen molar-refractivity contribution in [1.29, 1.82) is 0 Å². The minimum Gasteiger partial charge on any atom is -0.445 e. The van der Waals surface area contributed by atoms with Crippen molar-refractivity contribution in [1.82, 2.24) is 4.90 Å². The molecule has 2 rings (SSSR count). The first-order valence-corrected chi connectivity index (χ1v) is 7.06. The number of piperidine rings is 1. The third-order valence-electron chi connectivity index (χ3n) is 3.72. The molecule has 0 aliphatic carbocycles. The second kappa shape index (κ2) is 6.85. The molecule has 0 aromatic heterocycles. The van der Waals surface area contributed by atoms with Crippen LogP contribution in [0.2, 0.25) is 0 Å². The quantitative estimate of drug-likeness (QED) is 0.929. The minimum absolute atomic E-state index is 0.0912. The van der Waals surface area contributed by atoms with E-state index in [1.165, 1.54) is 0 Å². The number of likely N-dealkylation sites (tertiary alicyclic amines) is 1. The summed E-state index contributed by atoms with van der Waals surface area (Å²) in [6.07, 6.45) is -0.158. The van der Waals surface area contributed by atoms with Gasteiger partial charge in [0, 0.05) is 12.5 Å². The molecule has 1 saturated heterocycles. The van der Waals surface area contributed by atoms with Crippen LogP contribution in [0.4, 0.5) is 13.6 Å². The number of hydrogen-bond donors (Lipinski definition) is 1. The van der Waals surface area contributed by atoms with Crippen molar-refractivity contribution in [2.75, 3.05) is 19.6 Å². The maximum absolute atomic E-state index is 13.9. The number of benzene rings is 1. The van der Waals surface area contributed by atoms with Crippen LogP contribution in [0.5, 0.6) is 0 Å². The van der Waals surface area contributed by atoms with Crippen LogP contribution in [0.25, 0.3) is 0 Å². The first-order chi connectivity index (χ1) is 10.0. The van der Waals surface area contributed by atoms with E-state index in [4.69, 9.17) is 10.5 Å². The van der Waals surface area contributed by atoms with E-state index in [0.29, 0.717) is 0 Å². The van der Waals surface area contributed by atoms with Gasteiger partial charge in [-0.3, -0.25) is 0 Å². The highest BCUT2D eigenvalue weighted by molar-refractivity contribution is 5.67. The number of carbonyl (C=O) groups is 1. The third kappa shape index (κ3) is 4.14. The van der Waals surface area contributed by atoms with Crippen LogP contribution in [-0.2, 0) is 11.3 Å². The number of nitrogens with two attached hydrogens (primary N) is 1. The molecule has 1 aromatic carbocycles. The lowest BCUT2D eigenvalue weighted by atomic mass is 9.90. The van der Waals surface area contributed by atoms with E-state index >= 15 is 0 Å². The number of alkyl halides is 2. The topological polar surface area (TPSA) is 55.6 Å². The summed E-state index contributed by atoms with van der Waals surface area (Å²) in [5.41, 5.74) is 6.18. The minimum atomic E-state index is -2.90. The van der Waals surface area contributed by atoms with E-state index in [1.54, 1.807) is 0 Å². The van der Waals surface area contributed by atoms with E-state index in [0.717, 1.165) is 10.5 Å². The molecule has 1 atom stereocenters. The molecule has 1 aliphatic heterocycles. The summed E-state index contributed by atoms with van der Waals surface area (Å²) in [7, 11) is 0. The van der Waals surface area contributed by atoms with Crippen LogP contribution in [0.15, 0.2) is 30.3 Å². The second-order valence-electron chi connectivity index (χ2n) is 5.29. The first-order valence-electron chi connectivity index (χ1n) is 7.06. The molecule has 1 fully saturated rings. The molecular formula is C15H20F2N2O2. The molecule has 0 radical (unpaired) electrons. The molecule has 1 heterocycles. The SMILES string of the molecule is NCCC1CCN(C(=O)OCc2ccccc2)CC1(F)F. The van der Waals surface area contributed by atoms with Crippen molar-refractivity contribution in [3.05, 3.63) is 35.9 Å². The maximum atomic E-state index is 13.9. The van der Waals surface area contributed by atoms with E-state index in [1.807, 2.05) is 30.3 Å². The lowest BCUT2D eigenvalue weighted by Gasteiger charge is -2.37. The lowest BCUT2D eigenvalue weighted by molar-refractivity contribution is -0.108. The van der Waals surface area contributed by atoms with Gasteiger partial charge in [0.15, 0.2) is 0 Å². The fourth-order valence-electron chi connectivity index (χ4n) is 2.51. The molecule has 0 spiro atoms. The van der Waals surface area contributed by atoms with E-state index in [2.05, 4.69) is 0 Å². The van der Waals surface area contributed by atoms with E-state index in [9.17, 15) is 13.6 Å². The van der Waals surface area contributed by atoms with Crippen LogP contribution in [0, 0.1) is 5.92 Å². The Kier molecular flexibility index (Phi) is 5.12. The number of halogens is 2. The van der Waals surface area contributed by atoms with Gasteiger partial charge in [-0.05, 0) is 24.9 Å². The fraction of sp³-hybridized carbons (Fsp3) is 0.533. The Labute approximate surface area is 122 Å². The van der Waals surface area contributed by atoms with Gasteiger partial charge in [-0.15, -0.1) is 0 Å². The van der Waals surface area contributed by atoms with Crippen LogP contribution < -0.4 is 5.73 Å². The number of nitrogens with zero attached hydrogens (tertiary/aromatic N) is 1. The van der Waals surface area contributed by atoms with Crippen molar-refractivity contribution in [2.45, 2.75) is 25.4 Å². The standard InChI is InChI=1S/C15H20F2N2O2/c16-15(17)11-19(9-7-13(15)6-8-18)14(20)21-10-12-4-2-1-3-5-12/h1-5,13H,6-11,18H2. The molecule has 21 heavy (non-hydrogen) atoms. The molecule has 0 bridgehead atoms. The lowest BCUT2D eigenvalue weighted by Crippen LogP contribution is -2.51. The summed E-state index contributed by atoms with van der Waals surface area (Å²) in [6.45, 7) is 0.0197. The number of hydrogen-bond acceptors (Lipinski definition) is 3. The molecular weight excluding hydrogens is 278 g/mol. The van der Waals surface area contributed by atoms with Gasteiger partial charge in [0.25, 0.3) is 5.92 Å². The van der Waals surface area contributed by atoms with Crippen LogP contribution >= 0.6 is 0 Å². The fourth-order valence-corrected chi connectivity index (χ4v) is 2.51. The molecule has 4 nitrogen and oxygen atoms in total. The highest BCUT2D eigenvalue weighted by Gasteiger charge is 2.45. The van der Waals surface area contributed by atoms with Crippen molar-refractivity contribution >= 4 is 6.09 Å². The molecule has 0 saturated carbocycles. The van der Waals surface area contributed by atoms with Gasteiger partial charge < -0.3 is 15.4 Å². The van der Waals surface area contributed by atoms with Gasteiger partial charge in [-0.1, -0.05) is 30.3 Å². The number of ether oxygens (including phenoxy) is 1. The van der Waals surface area contributed by atoms with Crippen molar-refractivity contribution in [2.24, 2.45) is 11.7 Å². The van der Waals surface area contributed by atoms with Gasteiger partial charge in [0.05, 0.1) is 6.54 Å². The Morgan fingerprint density at radius 3 is 2.71 bits per heavy atom. The summed E-state index contributed by atoms with van der Waals surface area (Å²) in [6, 6.07) is 9.14. The monoisotopic (exact) mass is 298 g/mol. The van der Waals surface area contributed by atoms with Gasteiger partial charge in [-0.2, -0.15) is 0 Å². The third-order valence-corrected chi connectivity index (χ3v) is 3.72. The van der Waals surface area contributed by atoms with Crippen LogP contribution in [-0.4, -0.2) is 36.5 Å². The van der Waals surface area contributed by atoms with Gasteiger partial charge in [-0.25, -0.2) is 13.6 Å². The highest BCUT2D eigenvalue weighted by Crippen LogP contribution is 2.35. The van der Waals surface area contributed by atoms with Crippen LogP contribution in [0.3, 0.4) is 0 Å². The molecule has 116 valence electrons. The zero-order valence-corrected chi connectivity index (χ0v) is 11.8. The molecule has 2 N–H and O–H groups in total. The molecule has 1 amide bonds. The average Bonchev–Trinajstić information content (AvgIpc) is 2.47. The summed E-state index contributed by atoms with van der Waals surface area (Å²) in [4.78, 5) is 12.9. The summed E-state index contributed by atoms with van der Waals surface area (Å²) in [5.74, 6) is -3.65. The normalized spacial score (nSPS) is 21.1. The van der Waals surface area contributed by atoms with Gasteiger partial charge in [0.2, 0.25) is 0 Å². The Morgan fingerprint density at radius 2 is 2.10 bits per heavy atom. The Hall–Kier alpha value is -1.69. The zero-order valence-electron chi connectivity index (χ0n) is 11.8. The second-order valence-corrected chi connectivity index (χ2v) is 5.29. The van der Waals surface area contributed by atoms with E-state index < -0.39 is 24.5 Å². The highest BCUT2D eigenvalue weighted by atomic mass is 19.3. The predicted octanol–water partition coefficient (Wildman–Crippen LogP) is 2.63. The first kappa shape index (κ1) is 15.7. The zero-order chi connectivity index (χ0) is 15.3. The Morgan fingerprint density at radius 1 is 1.38 bits per heavy atom. The van der Waals surface area contributed by atoms with Gasteiger partial charge in [0.1, 0.15) is 6.61 Å². The molecule has 1 unspecified atom stereocenters. The maximum Gasteiger partial charge on any atom is 0.410 e. The number of rotatable bonds is 4. The smallest absolute Gasteiger partial charge is 0.410 e. The largest absolute Gasteiger partial charge is 0.445 e. The predicted molar refractivity (Wildman–Crippen MR) is 74.9 cm³/mol.